The molecule has 0 spiro atoms. The zero-order chi connectivity index (χ0) is 18.5. The van der Waals surface area contributed by atoms with E-state index in [0.29, 0.717) is 11.1 Å². The Bertz CT molecular complexity index is 901. The molecule has 0 saturated carbocycles. The number of nitrogens with zero attached hydrogens (tertiary/aromatic N) is 2. The van der Waals surface area contributed by atoms with Crippen LogP contribution in [0.2, 0.25) is 0 Å². The molecule has 1 amide bonds. The summed E-state index contributed by atoms with van der Waals surface area (Å²) in [4.78, 5) is 12.1. The van der Waals surface area contributed by atoms with Crippen molar-refractivity contribution >= 4 is 23.4 Å². The van der Waals surface area contributed by atoms with Crippen molar-refractivity contribution in [2.45, 2.75) is 32.4 Å². The fraction of sp³-hybridized carbons (Fsp3) is 0.250. The first-order valence-corrected chi connectivity index (χ1v) is 9.46. The Labute approximate surface area is 157 Å². The molecule has 5 nitrogen and oxygen atoms in total. The number of benzene rings is 2. The second-order valence-electron chi connectivity index (χ2n) is 6.14. The van der Waals surface area contributed by atoms with Crippen molar-refractivity contribution in [1.82, 2.24) is 10.2 Å². The normalized spacial score (nSPS) is 10.7. The Hall–Kier alpha value is -2.60. The summed E-state index contributed by atoms with van der Waals surface area (Å²) in [7, 11) is 0. The molecule has 2 aromatic carbocycles. The predicted octanol–water partition coefficient (Wildman–Crippen LogP) is 4.65. The number of carbonyl (C=O) groups excluding carboxylic acids is 1. The summed E-state index contributed by atoms with van der Waals surface area (Å²) in [5.41, 5.74) is 5.16. The van der Waals surface area contributed by atoms with E-state index in [4.69, 9.17) is 4.42 Å². The van der Waals surface area contributed by atoms with Crippen LogP contribution in [-0.4, -0.2) is 21.9 Å². The van der Waals surface area contributed by atoms with Crippen molar-refractivity contribution in [3.63, 3.8) is 0 Å². The summed E-state index contributed by atoms with van der Waals surface area (Å²) < 4.78 is 5.68. The monoisotopic (exact) mass is 367 g/mol. The lowest BCUT2D eigenvalue weighted by Gasteiger charge is -2.05. The lowest BCUT2D eigenvalue weighted by Crippen LogP contribution is -2.14. The van der Waals surface area contributed by atoms with Gasteiger partial charge in [-0.15, -0.1) is 10.2 Å². The number of aryl methyl sites for hydroxylation is 3. The van der Waals surface area contributed by atoms with Crippen molar-refractivity contribution in [2.75, 3.05) is 11.1 Å². The van der Waals surface area contributed by atoms with Gasteiger partial charge in [-0.3, -0.25) is 4.79 Å². The van der Waals surface area contributed by atoms with E-state index in [1.54, 1.807) is 0 Å². The standard InChI is InChI=1S/C20H21N3O2S/c1-4-15-6-5-7-17(11-15)21-18(24)12-26-20-23-22-19(25-20)16-9-13(2)8-14(3)10-16/h5-11H,4,12H2,1-3H3,(H,21,24). The van der Waals surface area contributed by atoms with Gasteiger partial charge in [-0.1, -0.05) is 48.0 Å². The second kappa shape index (κ2) is 8.19. The molecule has 0 aliphatic rings. The Morgan fingerprint density at radius 2 is 1.88 bits per heavy atom. The second-order valence-corrected chi connectivity index (χ2v) is 7.07. The fourth-order valence-electron chi connectivity index (χ4n) is 2.68. The summed E-state index contributed by atoms with van der Waals surface area (Å²) in [5.74, 6) is 0.579. The van der Waals surface area contributed by atoms with Gasteiger partial charge in [0, 0.05) is 11.3 Å². The zero-order valence-corrected chi connectivity index (χ0v) is 15.9. The van der Waals surface area contributed by atoms with Crippen LogP contribution in [0.4, 0.5) is 5.69 Å². The first-order valence-electron chi connectivity index (χ1n) is 8.47. The van der Waals surface area contributed by atoms with Crippen LogP contribution in [0.15, 0.2) is 52.1 Å². The van der Waals surface area contributed by atoms with E-state index in [-0.39, 0.29) is 11.7 Å². The van der Waals surface area contributed by atoms with Crippen molar-refractivity contribution in [2.24, 2.45) is 0 Å². The lowest BCUT2D eigenvalue weighted by atomic mass is 10.1. The molecule has 1 heterocycles. The molecule has 0 aliphatic carbocycles. The summed E-state index contributed by atoms with van der Waals surface area (Å²) in [6.45, 7) is 6.14. The third kappa shape index (κ3) is 4.73. The maximum absolute atomic E-state index is 12.1. The van der Waals surface area contributed by atoms with Gasteiger partial charge in [-0.25, -0.2) is 0 Å². The van der Waals surface area contributed by atoms with E-state index in [1.807, 2.05) is 50.2 Å². The first-order chi connectivity index (χ1) is 12.5. The van der Waals surface area contributed by atoms with E-state index in [9.17, 15) is 4.79 Å². The number of nitrogens with one attached hydrogen (secondary N) is 1. The lowest BCUT2D eigenvalue weighted by molar-refractivity contribution is -0.113. The smallest absolute Gasteiger partial charge is 0.277 e. The highest BCUT2D eigenvalue weighted by Crippen LogP contribution is 2.25. The van der Waals surface area contributed by atoms with E-state index in [2.05, 4.69) is 28.5 Å². The Balaban J connectivity index is 1.60. The molecule has 0 bridgehead atoms. The van der Waals surface area contributed by atoms with Gasteiger partial charge >= 0.3 is 0 Å². The number of anilines is 1. The largest absolute Gasteiger partial charge is 0.411 e. The molecule has 3 rings (SSSR count). The van der Waals surface area contributed by atoms with Crippen LogP contribution in [0, 0.1) is 13.8 Å². The molecule has 1 N–H and O–H groups in total. The minimum Gasteiger partial charge on any atom is -0.411 e. The van der Waals surface area contributed by atoms with Gasteiger partial charge in [0.25, 0.3) is 5.22 Å². The quantitative estimate of drug-likeness (QED) is 0.643. The Morgan fingerprint density at radius 1 is 1.12 bits per heavy atom. The molecular formula is C20H21N3O2S. The van der Waals surface area contributed by atoms with Crippen LogP contribution in [-0.2, 0) is 11.2 Å². The maximum atomic E-state index is 12.1. The third-order valence-electron chi connectivity index (χ3n) is 3.82. The summed E-state index contributed by atoms with van der Waals surface area (Å²) in [5, 5.41) is 11.4. The van der Waals surface area contributed by atoms with Crippen molar-refractivity contribution in [3.8, 4) is 11.5 Å². The molecular weight excluding hydrogens is 346 g/mol. The Kier molecular flexibility index (Phi) is 5.73. The highest BCUT2D eigenvalue weighted by molar-refractivity contribution is 7.99. The molecule has 26 heavy (non-hydrogen) atoms. The van der Waals surface area contributed by atoms with Crippen molar-refractivity contribution in [1.29, 1.82) is 0 Å². The average Bonchev–Trinajstić information content (AvgIpc) is 3.08. The van der Waals surface area contributed by atoms with Crippen molar-refractivity contribution in [3.05, 3.63) is 59.2 Å². The van der Waals surface area contributed by atoms with Gasteiger partial charge in [0.1, 0.15) is 0 Å². The molecule has 3 aromatic rings. The van der Waals surface area contributed by atoms with Gasteiger partial charge in [0.2, 0.25) is 11.8 Å². The molecule has 134 valence electrons. The first kappa shape index (κ1) is 18.2. The van der Waals surface area contributed by atoms with Crippen LogP contribution in [0.5, 0.6) is 0 Å². The number of hydrogen-bond donors (Lipinski definition) is 1. The topological polar surface area (TPSA) is 68.0 Å². The van der Waals surface area contributed by atoms with Crippen LogP contribution in [0.3, 0.4) is 0 Å². The van der Waals surface area contributed by atoms with E-state index >= 15 is 0 Å². The van der Waals surface area contributed by atoms with Gasteiger partial charge in [0.15, 0.2) is 0 Å². The van der Waals surface area contributed by atoms with Gasteiger partial charge in [0.05, 0.1) is 5.75 Å². The van der Waals surface area contributed by atoms with Crippen LogP contribution >= 0.6 is 11.8 Å². The van der Waals surface area contributed by atoms with E-state index in [0.717, 1.165) is 28.8 Å². The number of carbonyl (C=O) groups is 1. The predicted molar refractivity (Wildman–Crippen MR) is 104 cm³/mol. The molecule has 0 unspecified atom stereocenters. The van der Waals surface area contributed by atoms with Gasteiger partial charge in [-0.05, 0) is 50.1 Å². The molecule has 0 radical (unpaired) electrons. The Morgan fingerprint density at radius 3 is 2.62 bits per heavy atom. The van der Waals surface area contributed by atoms with Gasteiger partial charge < -0.3 is 9.73 Å². The molecule has 0 aliphatic heterocycles. The molecule has 0 fully saturated rings. The molecule has 6 heteroatoms. The minimum absolute atomic E-state index is 0.102. The number of amides is 1. The van der Waals surface area contributed by atoms with Crippen LogP contribution in [0.25, 0.3) is 11.5 Å². The fourth-order valence-corrected chi connectivity index (χ4v) is 3.24. The highest BCUT2D eigenvalue weighted by Gasteiger charge is 2.12. The van der Waals surface area contributed by atoms with Crippen LogP contribution in [0.1, 0.15) is 23.6 Å². The SMILES string of the molecule is CCc1cccc(NC(=O)CSc2nnc(-c3cc(C)cc(C)c3)o2)c1. The summed E-state index contributed by atoms with van der Waals surface area (Å²) >= 11 is 1.23. The third-order valence-corrected chi connectivity index (χ3v) is 4.64. The maximum Gasteiger partial charge on any atom is 0.277 e. The molecule has 0 saturated heterocycles. The summed E-state index contributed by atoms with van der Waals surface area (Å²) in [6.07, 6.45) is 0.932. The highest BCUT2D eigenvalue weighted by atomic mass is 32.2. The number of rotatable bonds is 6. The number of aromatic nitrogens is 2. The average molecular weight is 367 g/mol. The van der Waals surface area contributed by atoms with Gasteiger partial charge in [-0.2, -0.15) is 0 Å². The van der Waals surface area contributed by atoms with Crippen molar-refractivity contribution < 1.29 is 9.21 Å². The van der Waals surface area contributed by atoms with E-state index in [1.165, 1.54) is 17.3 Å². The number of thioether (sulfide) groups is 1. The van der Waals surface area contributed by atoms with E-state index < -0.39 is 0 Å². The summed E-state index contributed by atoms with van der Waals surface area (Å²) in [6, 6.07) is 13.9. The number of hydrogen-bond acceptors (Lipinski definition) is 5. The molecule has 1 aromatic heterocycles. The van der Waals surface area contributed by atoms with Crippen LogP contribution < -0.4 is 5.32 Å². The zero-order valence-electron chi connectivity index (χ0n) is 15.1. The minimum atomic E-state index is -0.102. The molecule has 0 atom stereocenters.